The Morgan fingerprint density at radius 2 is 2.44 bits per heavy atom. The average Bonchev–Trinajstić information content (AvgIpc) is 2.60. The first-order chi connectivity index (χ1) is 7.69. The maximum atomic E-state index is 11.6. The minimum absolute atomic E-state index is 0.0607. The Bertz CT molecular complexity index is 397. The van der Waals surface area contributed by atoms with Gasteiger partial charge >= 0.3 is 0 Å². The molecule has 1 fully saturated rings. The Hall–Kier alpha value is -1.13. The van der Waals surface area contributed by atoms with E-state index in [4.69, 9.17) is 16.7 Å². The van der Waals surface area contributed by atoms with Crippen molar-refractivity contribution in [2.75, 3.05) is 13.2 Å². The number of hydrogen-bond acceptors (Lipinski definition) is 3. The number of carbonyl (C=O) groups excluding carboxylic acids is 1. The minimum Gasteiger partial charge on any atom is -0.396 e. The van der Waals surface area contributed by atoms with E-state index >= 15 is 0 Å². The number of likely N-dealkylation sites (tertiary alicyclic amines) is 1. The van der Waals surface area contributed by atoms with Crippen LogP contribution in [0, 0.1) is 5.92 Å². The van der Waals surface area contributed by atoms with Crippen molar-refractivity contribution in [3.63, 3.8) is 0 Å². The first-order valence-electron chi connectivity index (χ1n) is 5.18. The van der Waals surface area contributed by atoms with Gasteiger partial charge in [-0.2, -0.15) is 0 Å². The Morgan fingerprint density at radius 3 is 3.06 bits per heavy atom. The Labute approximate surface area is 98.9 Å². The summed E-state index contributed by atoms with van der Waals surface area (Å²) in [6, 6.07) is 3.45. The highest BCUT2D eigenvalue weighted by molar-refractivity contribution is 6.30. The molecule has 0 bridgehead atoms. The normalized spacial score (nSPS) is 20.5. The number of halogens is 1. The van der Waals surface area contributed by atoms with Gasteiger partial charge in [-0.15, -0.1) is 0 Å². The number of aliphatic hydroxyl groups excluding tert-OH is 1. The van der Waals surface area contributed by atoms with E-state index in [0.29, 0.717) is 24.5 Å². The zero-order valence-corrected chi connectivity index (χ0v) is 9.52. The molecule has 0 spiro atoms. The van der Waals surface area contributed by atoms with Gasteiger partial charge in [0.2, 0.25) is 5.91 Å². The van der Waals surface area contributed by atoms with Gasteiger partial charge in [-0.05, 0) is 12.1 Å². The zero-order chi connectivity index (χ0) is 11.5. The highest BCUT2D eigenvalue weighted by Crippen LogP contribution is 2.19. The molecule has 1 N–H and O–H groups in total. The molecular formula is C11H13ClN2O2. The number of rotatable bonds is 3. The van der Waals surface area contributed by atoms with Crippen LogP contribution in [-0.4, -0.2) is 34.0 Å². The van der Waals surface area contributed by atoms with Crippen molar-refractivity contribution in [3.8, 4) is 0 Å². The van der Waals surface area contributed by atoms with Crippen LogP contribution in [0.25, 0.3) is 0 Å². The molecule has 1 saturated heterocycles. The predicted octanol–water partition coefficient (Wildman–Crippen LogP) is 1.08. The molecule has 0 aromatic carbocycles. The van der Waals surface area contributed by atoms with E-state index in [-0.39, 0.29) is 18.4 Å². The number of aliphatic hydroxyl groups is 1. The average molecular weight is 241 g/mol. The van der Waals surface area contributed by atoms with Gasteiger partial charge in [0, 0.05) is 36.7 Å². The lowest BCUT2D eigenvalue weighted by molar-refractivity contribution is -0.128. The molecule has 16 heavy (non-hydrogen) atoms. The van der Waals surface area contributed by atoms with Gasteiger partial charge in [-0.3, -0.25) is 9.78 Å². The summed E-state index contributed by atoms with van der Waals surface area (Å²) < 4.78 is 0. The molecule has 4 nitrogen and oxygen atoms in total. The molecule has 1 aromatic rings. The van der Waals surface area contributed by atoms with Gasteiger partial charge in [-0.25, -0.2) is 0 Å². The summed E-state index contributed by atoms with van der Waals surface area (Å²) in [7, 11) is 0. The Kier molecular flexibility index (Phi) is 3.41. The lowest BCUT2D eigenvalue weighted by Gasteiger charge is -2.15. The molecule has 0 radical (unpaired) electrons. The summed E-state index contributed by atoms with van der Waals surface area (Å²) in [6.07, 6.45) is 2.05. The van der Waals surface area contributed by atoms with E-state index in [9.17, 15) is 4.79 Å². The minimum atomic E-state index is 0.0607. The monoisotopic (exact) mass is 240 g/mol. The molecule has 1 atom stereocenters. The number of aromatic nitrogens is 1. The number of carbonyl (C=O) groups is 1. The summed E-state index contributed by atoms with van der Waals surface area (Å²) in [6.45, 7) is 1.13. The van der Waals surface area contributed by atoms with Crippen molar-refractivity contribution in [1.82, 2.24) is 9.88 Å². The van der Waals surface area contributed by atoms with Crippen LogP contribution < -0.4 is 0 Å². The SMILES string of the molecule is O=C1CC(CO)CN1Cc1cc(Cl)ccn1. The molecule has 1 unspecified atom stereocenters. The highest BCUT2D eigenvalue weighted by atomic mass is 35.5. The van der Waals surface area contributed by atoms with Crippen molar-refractivity contribution in [2.45, 2.75) is 13.0 Å². The van der Waals surface area contributed by atoms with Crippen molar-refractivity contribution in [3.05, 3.63) is 29.0 Å². The molecule has 2 rings (SSSR count). The Morgan fingerprint density at radius 1 is 1.62 bits per heavy atom. The third-order valence-electron chi connectivity index (χ3n) is 2.68. The van der Waals surface area contributed by atoms with Crippen LogP contribution in [0.2, 0.25) is 5.02 Å². The second-order valence-corrected chi connectivity index (χ2v) is 4.43. The second-order valence-electron chi connectivity index (χ2n) is 3.99. The van der Waals surface area contributed by atoms with Crippen molar-refractivity contribution in [1.29, 1.82) is 0 Å². The molecule has 0 aliphatic carbocycles. The number of amides is 1. The molecule has 1 aromatic heterocycles. The van der Waals surface area contributed by atoms with Crippen molar-refractivity contribution in [2.24, 2.45) is 5.92 Å². The smallest absolute Gasteiger partial charge is 0.223 e. The van der Waals surface area contributed by atoms with E-state index in [1.165, 1.54) is 0 Å². The van der Waals surface area contributed by atoms with Gasteiger partial charge in [0.25, 0.3) is 0 Å². The molecule has 5 heteroatoms. The third kappa shape index (κ3) is 2.51. The van der Waals surface area contributed by atoms with Gasteiger partial charge in [0.15, 0.2) is 0 Å². The fraction of sp³-hybridized carbons (Fsp3) is 0.455. The van der Waals surface area contributed by atoms with Crippen LogP contribution in [0.1, 0.15) is 12.1 Å². The summed E-state index contributed by atoms with van der Waals surface area (Å²) in [4.78, 5) is 17.4. The summed E-state index contributed by atoms with van der Waals surface area (Å²) >= 11 is 5.84. The third-order valence-corrected chi connectivity index (χ3v) is 2.92. The van der Waals surface area contributed by atoms with Crippen LogP contribution in [-0.2, 0) is 11.3 Å². The number of pyridine rings is 1. The van der Waals surface area contributed by atoms with Gasteiger partial charge < -0.3 is 10.0 Å². The standard InChI is InChI=1S/C11H13ClN2O2/c12-9-1-2-13-10(4-9)6-14-5-8(7-15)3-11(14)16/h1-2,4,8,15H,3,5-7H2. The lowest BCUT2D eigenvalue weighted by Crippen LogP contribution is -2.25. The summed E-state index contributed by atoms with van der Waals surface area (Å²) in [5, 5.41) is 9.62. The fourth-order valence-corrected chi connectivity index (χ4v) is 2.04. The van der Waals surface area contributed by atoms with Crippen LogP contribution in [0.3, 0.4) is 0 Å². The summed E-state index contributed by atoms with van der Waals surface area (Å²) in [5.41, 5.74) is 0.777. The van der Waals surface area contributed by atoms with E-state index in [1.807, 2.05) is 0 Å². The molecule has 86 valence electrons. The van der Waals surface area contributed by atoms with Gasteiger partial charge in [0.05, 0.1) is 12.2 Å². The van der Waals surface area contributed by atoms with Gasteiger partial charge in [0.1, 0.15) is 0 Å². The fourth-order valence-electron chi connectivity index (χ4n) is 1.86. The number of nitrogens with zero attached hydrogens (tertiary/aromatic N) is 2. The van der Waals surface area contributed by atoms with E-state index < -0.39 is 0 Å². The molecule has 1 aliphatic rings. The van der Waals surface area contributed by atoms with Crippen LogP contribution in [0.5, 0.6) is 0 Å². The topological polar surface area (TPSA) is 53.4 Å². The first kappa shape index (κ1) is 11.4. The molecule has 1 amide bonds. The first-order valence-corrected chi connectivity index (χ1v) is 5.56. The van der Waals surface area contributed by atoms with Gasteiger partial charge in [-0.1, -0.05) is 11.6 Å². The highest BCUT2D eigenvalue weighted by Gasteiger charge is 2.28. The molecule has 1 aliphatic heterocycles. The maximum Gasteiger partial charge on any atom is 0.223 e. The Balaban J connectivity index is 2.03. The largest absolute Gasteiger partial charge is 0.396 e. The maximum absolute atomic E-state index is 11.6. The molecule has 0 saturated carbocycles. The van der Waals surface area contributed by atoms with E-state index in [1.54, 1.807) is 23.2 Å². The quantitative estimate of drug-likeness (QED) is 0.860. The molecule has 2 heterocycles. The van der Waals surface area contributed by atoms with E-state index in [0.717, 1.165) is 5.69 Å². The van der Waals surface area contributed by atoms with Crippen LogP contribution in [0.4, 0.5) is 0 Å². The lowest BCUT2D eigenvalue weighted by atomic mass is 10.1. The summed E-state index contributed by atoms with van der Waals surface area (Å²) in [5.74, 6) is 0.132. The van der Waals surface area contributed by atoms with E-state index in [2.05, 4.69) is 4.98 Å². The predicted molar refractivity (Wildman–Crippen MR) is 59.9 cm³/mol. The molecular weight excluding hydrogens is 228 g/mol. The second kappa shape index (κ2) is 4.80. The van der Waals surface area contributed by atoms with Crippen LogP contribution in [0.15, 0.2) is 18.3 Å². The van der Waals surface area contributed by atoms with Crippen LogP contribution >= 0.6 is 11.6 Å². The zero-order valence-electron chi connectivity index (χ0n) is 8.77. The van der Waals surface area contributed by atoms with Crippen molar-refractivity contribution >= 4 is 17.5 Å². The number of hydrogen-bond donors (Lipinski definition) is 1. The van der Waals surface area contributed by atoms with Crippen molar-refractivity contribution < 1.29 is 9.90 Å².